The first kappa shape index (κ1) is 25.5. The molecule has 0 aliphatic heterocycles. The molecule has 2 atom stereocenters. The van der Waals surface area contributed by atoms with Gasteiger partial charge in [-0.15, -0.1) is 0 Å². The van der Waals surface area contributed by atoms with Crippen LogP contribution in [0.3, 0.4) is 0 Å². The van der Waals surface area contributed by atoms with Gasteiger partial charge in [0.1, 0.15) is 9.16 Å². The summed E-state index contributed by atoms with van der Waals surface area (Å²) in [7, 11) is -6.94. The van der Waals surface area contributed by atoms with Crippen LogP contribution in [0.25, 0.3) is 0 Å². The zero-order valence-electron chi connectivity index (χ0n) is 12.7. The molecule has 2 unspecified atom stereocenters. The predicted molar refractivity (Wildman–Crippen MR) is 68.7 cm³/mol. The van der Waals surface area contributed by atoms with Crippen LogP contribution in [0.4, 0.5) is 0 Å². The van der Waals surface area contributed by atoms with Crippen molar-refractivity contribution < 1.29 is 87.9 Å². The summed E-state index contributed by atoms with van der Waals surface area (Å²) >= 11 is 0. The van der Waals surface area contributed by atoms with Gasteiger partial charge in [0.25, 0.3) is 20.2 Å². The van der Waals surface area contributed by atoms with Crippen molar-refractivity contribution in [3.05, 3.63) is 0 Å². The van der Waals surface area contributed by atoms with E-state index in [2.05, 4.69) is 0 Å². The third kappa shape index (κ3) is 10.3. The van der Waals surface area contributed by atoms with Crippen LogP contribution in [-0.2, 0) is 20.2 Å². The van der Waals surface area contributed by atoms with Gasteiger partial charge in [-0.25, -0.2) is 0 Å². The largest absolute Gasteiger partial charge is 1.00 e. The molecule has 0 aromatic carbocycles. The second kappa shape index (κ2) is 11.1. The van der Waals surface area contributed by atoms with Crippen LogP contribution in [0.1, 0.15) is 29.5 Å². The van der Waals surface area contributed by atoms with Crippen LogP contribution in [0, 0.1) is 0 Å². The Balaban J connectivity index is -0.000000187. The van der Waals surface area contributed by atoms with Crippen molar-refractivity contribution in [2.24, 2.45) is 0 Å². The molecule has 0 amide bonds. The van der Waals surface area contributed by atoms with E-state index in [1.165, 1.54) is 0 Å². The van der Waals surface area contributed by atoms with E-state index in [1.807, 2.05) is 0 Å². The van der Waals surface area contributed by atoms with Crippen LogP contribution in [0.2, 0.25) is 0 Å². The summed E-state index contributed by atoms with van der Waals surface area (Å²) in [6.45, 7) is 3.11. The zero-order valence-corrected chi connectivity index (χ0v) is 18.0. The molecule has 6 nitrogen and oxygen atoms in total. The molecule has 0 fully saturated rings. The summed E-state index contributed by atoms with van der Waals surface area (Å²) in [6.07, 6.45) is 0.302. The van der Waals surface area contributed by atoms with Gasteiger partial charge in [-0.3, -0.25) is 9.11 Å². The minimum atomic E-state index is -4.20. The molecule has 12 heteroatoms. The molecular weight excluding hydrogens is 342 g/mol. The summed E-state index contributed by atoms with van der Waals surface area (Å²) in [4.78, 5) is 0. The number of hydrogen-bond acceptors (Lipinski definition) is 6. The fraction of sp³-hybridized carbons (Fsp3) is 1.00. The van der Waals surface area contributed by atoms with E-state index in [4.69, 9.17) is 9.11 Å². The Morgan fingerprint density at radius 2 is 1.11 bits per heavy atom. The van der Waals surface area contributed by atoms with E-state index in [-0.39, 0.29) is 74.8 Å². The van der Waals surface area contributed by atoms with Gasteiger partial charge in [-0.2, -0.15) is 16.8 Å². The first-order chi connectivity index (χ1) is 7.12. The molecule has 0 aliphatic rings. The summed E-state index contributed by atoms with van der Waals surface area (Å²) in [5.74, 6) is 0. The maximum atomic E-state index is 10.8. The summed E-state index contributed by atoms with van der Waals surface area (Å²) < 4.78 is 58.7. The topological polar surface area (TPSA) is 109 Å². The number of hydrogen-bond donors (Lipinski definition) is 2. The normalized spacial score (nSPS) is 15.1. The van der Waals surface area contributed by atoms with E-state index in [0.29, 0.717) is 0 Å². The first-order valence-corrected chi connectivity index (χ1v) is 9.65. The van der Waals surface area contributed by atoms with Gasteiger partial charge in [0, 0.05) is 0 Å². The number of rotatable bonds is 7. The van der Waals surface area contributed by atoms with Crippen LogP contribution in [0.5, 0.6) is 0 Å². The van der Waals surface area contributed by atoms with E-state index < -0.39 is 29.4 Å². The molecule has 0 saturated carbocycles. The Morgan fingerprint density at radius 3 is 1.22 bits per heavy atom. The maximum absolute atomic E-state index is 10.8. The quantitative estimate of drug-likeness (QED) is 0.268. The van der Waals surface area contributed by atoms with Crippen LogP contribution < -0.4 is 59.1 Å². The van der Waals surface area contributed by atoms with Crippen LogP contribution in [-0.4, -0.2) is 35.1 Å². The van der Waals surface area contributed by atoms with Gasteiger partial charge in [0.05, 0.1) is 0 Å². The maximum Gasteiger partial charge on any atom is 1.00 e. The zero-order chi connectivity index (χ0) is 13.0. The van der Waals surface area contributed by atoms with Crippen molar-refractivity contribution in [2.45, 2.75) is 35.9 Å². The molecule has 0 radical (unpaired) electrons. The van der Waals surface area contributed by atoms with Crippen LogP contribution >= 0.6 is 21.6 Å². The van der Waals surface area contributed by atoms with Crippen molar-refractivity contribution in [3.8, 4) is 0 Å². The summed E-state index contributed by atoms with van der Waals surface area (Å²) in [6, 6.07) is 0. The molecule has 2 N–H and O–H groups in total. The molecule has 102 valence electrons. The summed E-state index contributed by atoms with van der Waals surface area (Å²) in [5.41, 5.74) is 0. The van der Waals surface area contributed by atoms with Gasteiger partial charge in [0.15, 0.2) is 0 Å². The fourth-order valence-electron chi connectivity index (χ4n) is 0.781. The van der Waals surface area contributed by atoms with E-state index in [0.717, 1.165) is 21.6 Å². The SMILES string of the molecule is CCC(SSC(CC)S(=O)(=O)O)S(=O)(=O)O.[H-].[H-].[Na+].[Na+]. The molecule has 0 aliphatic carbocycles. The molecule has 0 saturated heterocycles. The third-order valence-electron chi connectivity index (χ3n) is 1.60. The van der Waals surface area contributed by atoms with Gasteiger partial charge in [0.2, 0.25) is 0 Å². The van der Waals surface area contributed by atoms with Crippen molar-refractivity contribution in [3.63, 3.8) is 0 Å². The van der Waals surface area contributed by atoms with Gasteiger partial charge in [-0.1, -0.05) is 35.4 Å². The van der Waals surface area contributed by atoms with Gasteiger partial charge in [-0.05, 0) is 12.8 Å². The van der Waals surface area contributed by atoms with Gasteiger partial charge >= 0.3 is 59.1 Å². The van der Waals surface area contributed by atoms with E-state index in [9.17, 15) is 16.8 Å². The van der Waals surface area contributed by atoms with Crippen molar-refractivity contribution >= 4 is 41.8 Å². The van der Waals surface area contributed by atoms with Crippen LogP contribution in [0.15, 0.2) is 0 Å². The predicted octanol–water partition coefficient (Wildman–Crippen LogP) is -4.15. The van der Waals surface area contributed by atoms with Crippen molar-refractivity contribution in [2.75, 3.05) is 0 Å². The molecule has 0 aromatic heterocycles. The molecule has 18 heavy (non-hydrogen) atoms. The minimum absolute atomic E-state index is 0. The average molecular weight is 358 g/mol. The molecule has 0 heterocycles. The molecule has 0 aromatic rings. The Hall–Kier alpha value is 2.52. The first-order valence-electron chi connectivity index (χ1n) is 4.37. The standard InChI is InChI=1S/C6H14O6S4.2Na.2H/c1-3-5(15(7,8)9)13-14-6(4-2)16(10,11)12;;;;/h5-6H,3-4H2,1-2H3,(H,7,8,9)(H,10,11,12);;;;/q;2*+1;2*-1. The van der Waals surface area contributed by atoms with Crippen molar-refractivity contribution in [1.82, 2.24) is 0 Å². The minimum Gasteiger partial charge on any atom is -1.00 e. The Kier molecular flexibility index (Phi) is 15.8. The Bertz CT molecular complexity index is 377. The summed E-state index contributed by atoms with van der Waals surface area (Å²) in [5, 5.41) is 0. The average Bonchev–Trinajstić information content (AvgIpc) is 2.08. The molecule has 0 rings (SSSR count). The Morgan fingerprint density at radius 1 is 0.889 bits per heavy atom. The monoisotopic (exact) mass is 358 g/mol. The molecule has 0 bridgehead atoms. The second-order valence-electron chi connectivity index (χ2n) is 2.90. The fourth-order valence-corrected chi connectivity index (χ4v) is 7.10. The smallest absolute Gasteiger partial charge is 1.00 e. The third-order valence-corrected chi connectivity index (χ3v) is 9.30. The van der Waals surface area contributed by atoms with E-state index >= 15 is 0 Å². The van der Waals surface area contributed by atoms with Gasteiger partial charge < -0.3 is 2.85 Å². The second-order valence-corrected chi connectivity index (χ2v) is 9.37. The van der Waals surface area contributed by atoms with Crippen molar-refractivity contribution in [1.29, 1.82) is 0 Å². The molecular formula is C6H16Na2O6S4. The molecule has 0 spiro atoms. The van der Waals surface area contributed by atoms with E-state index in [1.54, 1.807) is 13.8 Å². The Labute approximate surface area is 163 Å².